The van der Waals surface area contributed by atoms with Crippen molar-refractivity contribution in [2.45, 2.75) is 32.7 Å². The Morgan fingerprint density at radius 3 is 2.39 bits per heavy atom. The van der Waals surface area contributed by atoms with Crippen LogP contribution in [-0.4, -0.2) is 56.9 Å². The van der Waals surface area contributed by atoms with Gasteiger partial charge in [0.1, 0.15) is 6.04 Å². The van der Waals surface area contributed by atoms with Crippen molar-refractivity contribution in [2.24, 2.45) is 11.7 Å². The standard InChI is InChI=1S/C14H26NO6PS/c1-10(2)7-22(20,21)8-11(13(16)17)5-3-4-6-23-9-12(15)14(18)19/h5,10,12H,3-4,6-9,15H2,1-2H3,(H,16,17)(H,18,19)(H,20,21). The Bertz CT molecular complexity index is 480. The van der Waals surface area contributed by atoms with Gasteiger partial charge in [0.2, 0.25) is 7.37 Å². The predicted octanol–water partition coefficient (Wildman–Crippen LogP) is 1.85. The largest absolute Gasteiger partial charge is 0.480 e. The molecule has 2 atom stereocenters. The lowest BCUT2D eigenvalue weighted by Crippen LogP contribution is -2.32. The second-order valence-electron chi connectivity index (χ2n) is 5.78. The summed E-state index contributed by atoms with van der Waals surface area (Å²) in [5, 5.41) is 17.7. The molecule has 0 aliphatic rings. The molecule has 134 valence electrons. The molecule has 0 saturated heterocycles. The van der Waals surface area contributed by atoms with Crippen LogP contribution in [0.5, 0.6) is 0 Å². The van der Waals surface area contributed by atoms with Crippen LogP contribution in [0.15, 0.2) is 11.6 Å². The molecule has 2 unspecified atom stereocenters. The zero-order chi connectivity index (χ0) is 18.0. The molecule has 0 radical (unpaired) electrons. The van der Waals surface area contributed by atoms with Crippen molar-refractivity contribution in [3.05, 3.63) is 11.6 Å². The second-order valence-corrected chi connectivity index (χ2v) is 9.30. The van der Waals surface area contributed by atoms with Crippen molar-refractivity contribution in [3.63, 3.8) is 0 Å². The minimum absolute atomic E-state index is 0.0238. The van der Waals surface area contributed by atoms with Gasteiger partial charge in [0.25, 0.3) is 0 Å². The monoisotopic (exact) mass is 367 g/mol. The van der Waals surface area contributed by atoms with E-state index in [-0.39, 0.29) is 23.8 Å². The Morgan fingerprint density at radius 1 is 1.30 bits per heavy atom. The second kappa shape index (κ2) is 10.9. The van der Waals surface area contributed by atoms with Crippen LogP contribution >= 0.6 is 19.1 Å². The van der Waals surface area contributed by atoms with Gasteiger partial charge in [0.15, 0.2) is 0 Å². The number of carboxylic acid groups (broad SMARTS) is 2. The van der Waals surface area contributed by atoms with Crippen LogP contribution in [0.3, 0.4) is 0 Å². The van der Waals surface area contributed by atoms with E-state index < -0.39 is 25.3 Å². The Morgan fingerprint density at radius 2 is 1.91 bits per heavy atom. The van der Waals surface area contributed by atoms with Crippen LogP contribution in [0.4, 0.5) is 0 Å². The van der Waals surface area contributed by atoms with E-state index in [0.717, 1.165) is 0 Å². The Kier molecular flexibility index (Phi) is 10.5. The fourth-order valence-corrected chi connectivity index (χ4v) is 4.86. The van der Waals surface area contributed by atoms with Gasteiger partial charge in [0.05, 0.1) is 6.16 Å². The van der Waals surface area contributed by atoms with Gasteiger partial charge in [-0.2, -0.15) is 11.8 Å². The first-order valence-corrected chi connectivity index (χ1v) is 10.5. The van der Waals surface area contributed by atoms with E-state index in [0.29, 0.717) is 24.3 Å². The third-order valence-electron chi connectivity index (χ3n) is 2.84. The van der Waals surface area contributed by atoms with Gasteiger partial charge >= 0.3 is 11.9 Å². The molecule has 0 aliphatic heterocycles. The minimum atomic E-state index is -3.48. The maximum absolute atomic E-state index is 12.0. The van der Waals surface area contributed by atoms with Crippen molar-refractivity contribution >= 4 is 31.1 Å². The first-order chi connectivity index (χ1) is 10.5. The molecule has 0 amide bonds. The number of hydrogen-bond donors (Lipinski definition) is 4. The highest BCUT2D eigenvalue weighted by molar-refractivity contribution is 7.99. The van der Waals surface area contributed by atoms with Crippen LogP contribution in [0.1, 0.15) is 26.7 Å². The van der Waals surface area contributed by atoms with Crippen LogP contribution in [0.2, 0.25) is 0 Å². The van der Waals surface area contributed by atoms with Crippen molar-refractivity contribution in [3.8, 4) is 0 Å². The van der Waals surface area contributed by atoms with Crippen LogP contribution in [0, 0.1) is 5.92 Å². The predicted molar refractivity (Wildman–Crippen MR) is 92.3 cm³/mol. The molecule has 23 heavy (non-hydrogen) atoms. The summed E-state index contributed by atoms with van der Waals surface area (Å²) >= 11 is 1.38. The number of nitrogens with two attached hydrogens (primary N) is 1. The molecule has 0 rings (SSSR count). The van der Waals surface area contributed by atoms with Gasteiger partial charge in [-0.1, -0.05) is 19.9 Å². The summed E-state index contributed by atoms with van der Waals surface area (Å²) < 4.78 is 12.0. The van der Waals surface area contributed by atoms with Gasteiger partial charge in [-0.25, -0.2) is 4.79 Å². The molecule has 5 N–H and O–H groups in total. The van der Waals surface area contributed by atoms with Crippen LogP contribution in [0.25, 0.3) is 0 Å². The van der Waals surface area contributed by atoms with Gasteiger partial charge < -0.3 is 20.8 Å². The number of hydrogen-bond acceptors (Lipinski definition) is 5. The molecular weight excluding hydrogens is 341 g/mol. The number of aliphatic carboxylic acids is 2. The van der Waals surface area contributed by atoms with Crippen LogP contribution in [-0.2, 0) is 14.2 Å². The zero-order valence-corrected chi connectivity index (χ0v) is 15.2. The molecule has 0 bridgehead atoms. The highest BCUT2D eigenvalue weighted by Crippen LogP contribution is 2.44. The van der Waals surface area contributed by atoms with E-state index >= 15 is 0 Å². The normalized spacial score (nSPS) is 16.1. The average Bonchev–Trinajstić information content (AvgIpc) is 2.38. The SMILES string of the molecule is CC(C)CP(=O)(O)CC(=CCCCSCC(N)C(=O)O)C(=O)O. The molecule has 0 aromatic rings. The lowest BCUT2D eigenvalue weighted by Gasteiger charge is -2.14. The number of thioether (sulfide) groups is 1. The molecule has 0 aromatic heterocycles. The molecule has 7 nitrogen and oxygen atoms in total. The third-order valence-corrected chi connectivity index (χ3v) is 6.15. The summed E-state index contributed by atoms with van der Waals surface area (Å²) in [5.74, 6) is -1.26. The topological polar surface area (TPSA) is 138 Å². The first-order valence-electron chi connectivity index (χ1n) is 7.34. The van der Waals surface area contributed by atoms with Gasteiger partial charge in [-0.3, -0.25) is 9.36 Å². The summed E-state index contributed by atoms with van der Waals surface area (Å²) in [6.45, 7) is 3.62. The number of allylic oxidation sites excluding steroid dienone is 1. The Labute approximate surface area is 140 Å². The van der Waals surface area contributed by atoms with Crippen molar-refractivity contribution < 1.29 is 29.3 Å². The number of unbranched alkanes of at least 4 members (excludes halogenated alkanes) is 1. The summed E-state index contributed by atoms with van der Waals surface area (Å²) in [7, 11) is -3.48. The van der Waals surface area contributed by atoms with E-state index in [4.69, 9.17) is 15.9 Å². The number of carboxylic acids is 2. The highest BCUT2D eigenvalue weighted by Gasteiger charge is 2.24. The van der Waals surface area contributed by atoms with Crippen molar-refractivity contribution in [1.29, 1.82) is 0 Å². The lowest BCUT2D eigenvalue weighted by atomic mass is 10.2. The molecular formula is C14H26NO6PS. The minimum Gasteiger partial charge on any atom is -0.480 e. The zero-order valence-electron chi connectivity index (χ0n) is 13.5. The average molecular weight is 367 g/mol. The van der Waals surface area contributed by atoms with E-state index in [9.17, 15) is 19.0 Å². The third kappa shape index (κ3) is 11.4. The molecule has 0 aromatic carbocycles. The molecule has 0 saturated carbocycles. The highest BCUT2D eigenvalue weighted by atomic mass is 32.2. The maximum atomic E-state index is 12.0. The van der Waals surface area contributed by atoms with Crippen molar-refractivity contribution in [2.75, 3.05) is 23.8 Å². The molecule has 9 heteroatoms. The molecule has 0 heterocycles. The van der Waals surface area contributed by atoms with Crippen molar-refractivity contribution in [1.82, 2.24) is 0 Å². The smallest absolute Gasteiger partial charge is 0.331 e. The van der Waals surface area contributed by atoms with E-state index in [1.54, 1.807) is 0 Å². The lowest BCUT2D eigenvalue weighted by molar-refractivity contribution is -0.138. The summed E-state index contributed by atoms with van der Waals surface area (Å²) in [6, 6.07) is -0.901. The van der Waals surface area contributed by atoms with E-state index in [1.165, 1.54) is 17.8 Å². The molecule has 0 spiro atoms. The fraction of sp³-hybridized carbons (Fsp3) is 0.714. The number of rotatable bonds is 12. The Hall–Kier alpha value is -0.820. The summed E-state index contributed by atoms with van der Waals surface area (Å²) in [5.41, 5.74) is 5.32. The molecule has 0 aliphatic carbocycles. The van der Waals surface area contributed by atoms with E-state index in [2.05, 4.69) is 0 Å². The fourth-order valence-electron chi connectivity index (χ4n) is 1.86. The van der Waals surface area contributed by atoms with E-state index in [1.807, 2.05) is 13.8 Å². The quantitative estimate of drug-likeness (QED) is 0.233. The molecule has 0 fully saturated rings. The Balaban J connectivity index is 4.31. The maximum Gasteiger partial charge on any atom is 0.331 e. The van der Waals surface area contributed by atoms with Gasteiger partial charge in [0, 0.05) is 17.5 Å². The van der Waals surface area contributed by atoms with Gasteiger partial charge in [-0.05, 0) is 24.5 Å². The summed E-state index contributed by atoms with van der Waals surface area (Å²) in [6.07, 6.45) is 2.35. The van der Waals surface area contributed by atoms with Gasteiger partial charge in [-0.15, -0.1) is 0 Å². The number of carbonyl (C=O) groups is 2. The first kappa shape index (κ1) is 22.2. The van der Waals surface area contributed by atoms with Crippen LogP contribution < -0.4 is 5.73 Å². The summed E-state index contributed by atoms with van der Waals surface area (Å²) in [4.78, 5) is 31.5.